The molecule has 0 saturated carbocycles. The van der Waals surface area contributed by atoms with Crippen LogP contribution in [0.25, 0.3) is 10.4 Å². The molecule has 176 valence electrons. The minimum atomic E-state index is -0.525. The fraction of sp³-hybridized carbons (Fsp3) is 0.435. The number of piperidine rings is 1. The number of thiophene rings is 1. The van der Waals surface area contributed by atoms with Crippen molar-refractivity contribution in [1.29, 1.82) is 0 Å². The summed E-state index contributed by atoms with van der Waals surface area (Å²) in [5.74, 6) is -0.749. The second-order valence-corrected chi connectivity index (χ2v) is 10.1. The van der Waals surface area contributed by atoms with Crippen molar-refractivity contribution in [3.05, 3.63) is 51.9 Å². The second kappa shape index (κ2) is 10.1. The summed E-state index contributed by atoms with van der Waals surface area (Å²) in [5, 5.41) is 7.26. The Morgan fingerprint density at radius 1 is 1.24 bits per heavy atom. The lowest BCUT2D eigenvalue weighted by molar-refractivity contribution is 0.0588. The van der Waals surface area contributed by atoms with Gasteiger partial charge in [0.2, 0.25) is 0 Å². The van der Waals surface area contributed by atoms with Gasteiger partial charge in [-0.2, -0.15) is 0 Å². The first-order valence-electron chi connectivity index (χ1n) is 10.9. The van der Waals surface area contributed by atoms with Crippen LogP contribution in [0.4, 0.5) is 0 Å². The van der Waals surface area contributed by atoms with E-state index < -0.39 is 5.97 Å². The molecule has 0 atom stereocenters. The van der Waals surface area contributed by atoms with Gasteiger partial charge in [-0.25, -0.2) is 4.79 Å². The zero-order chi connectivity index (χ0) is 23.5. The monoisotopic (exact) mass is 490 g/mol. The lowest BCUT2D eigenvalue weighted by Gasteiger charge is -2.34. The molecule has 1 aliphatic rings. The van der Waals surface area contributed by atoms with E-state index in [2.05, 4.69) is 29.2 Å². The number of rotatable bonds is 7. The Bertz CT molecular complexity index is 1130. The summed E-state index contributed by atoms with van der Waals surface area (Å²) in [6.07, 6.45) is 3.32. The van der Waals surface area contributed by atoms with Crippen molar-refractivity contribution in [2.75, 3.05) is 20.2 Å². The van der Waals surface area contributed by atoms with E-state index in [0.29, 0.717) is 21.8 Å². The maximum Gasteiger partial charge on any atom is 0.354 e. The molecule has 1 aliphatic heterocycles. The number of amides is 1. The number of aromatic nitrogens is 2. The fourth-order valence-electron chi connectivity index (χ4n) is 4.12. The van der Waals surface area contributed by atoms with Gasteiger partial charge < -0.3 is 24.0 Å². The minimum Gasteiger partial charge on any atom is -0.464 e. The third-order valence-corrected chi connectivity index (χ3v) is 7.26. The van der Waals surface area contributed by atoms with Crippen molar-refractivity contribution < 1.29 is 18.8 Å². The molecule has 0 unspecified atom stereocenters. The molecule has 1 amide bonds. The summed E-state index contributed by atoms with van der Waals surface area (Å²) in [6.45, 7) is 6.43. The summed E-state index contributed by atoms with van der Waals surface area (Å²) in [5.41, 5.74) is 2.01. The molecule has 0 aliphatic carbocycles. The number of carbonyl (C=O) groups excluding carboxylic acids is 2. The molecule has 4 heterocycles. The van der Waals surface area contributed by atoms with Gasteiger partial charge in [0.25, 0.3) is 5.91 Å². The third kappa shape index (κ3) is 5.15. The standard InChI is InChI=1S/C23H27ClN4O4S/c1-14(2)27-10-8-15(9-11-27)25-22(29)18-4-5-19(23(30)31-3)28(18)12-17-16(13-32-26-17)20-6-7-21(24)33-20/h4-7,13-15H,8-12H2,1-3H3,(H,25,29). The Hall–Kier alpha value is -2.62. The Labute approximate surface area is 201 Å². The number of nitrogens with one attached hydrogen (secondary N) is 1. The van der Waals surface area contributed by atoms with Gasteiger partial charge in [-0.1, -0.05) is 16.8 Å². The van der Waals surface area contributed by atoms with E-state index in [4.69, 9.17) is 20.9 Å². The van der Waals surface area contributed by atoms with Gasteiger partial charge in [0, 0.05) is 30.1 Å². The first-order chi connectivity index (χ1) is 15.9. The quantitative estimate of drug-likeness (QED) is 0.497. The van der Waals surface area contributed by atoms with E-state index in [9.17, 15) is 9.59 Å². The molecule has 0 bridgehead atoms. The molecule has 1 fully saturated rings. The molecule has 3 aromatic rings. The van der Waals surface area contributed by atoms with Crippen LogP contribution in [0, 0.1) is 0 Å². The van der Waals surface area contributed by atoms with Crippen molar-refractivity contribution in [1.82, 2.24) is 19.9 Å². The highest BCUT2D eigenvalue weighted by molar-refractivity contribution is 7.19. The first kappa shape index (κ1) is 23.5. The average Bonchev–Trinajstić information content (AvgIpc) is 3.53. The smallest absolute Gasteiger partial charge is 0.354 e. The minimum absolute atomic E-state index is 0.0910. The van der Waals surface area contributed by atoms with Gasteiger partial charge in [-0.3, -0.25) is 4.79 Å². The largest absolute Gasteiger partial charge is 0.464 e. The highest BCUT2D eigenvalue weighted by Gasteiger charge is 2.26. The lowest BCUT2D eigenvalue weighted by atomic mass is 10.0. The maximum atomic E-state index is 13.2. The van der Waals surface area contributed by atoms with E-state index >= 15 is 0 Å². The SMILES string of the molecule is COC(=O)c1ccc(C(=O)NC2CCN(C(C)C)CC2)n1Cc1nocc1-c1ccc(Cl)s1. The van der Waals surface area contributed by atoms with Crippen LogP contribution in [0.1, 0.15) is 53.4 Å². The molecule has 8 nitrogen and oxygen atoms in total. The number of esters is 1. The van der Waals surface area contributed by atoms with Crippen LogP contribution in [0.15, 0.2) is 35.1 Å². The second-order valence-electron chi connectivity index (χ2n) is 8.34. The molecule has 0 radical (unpaired) electrons. The zero-order valence-electron chi connectivity index (χ0n) is 18.8. The van der Waals surface area contributed by atoms with E-state index in [1.807, 2.05) is 6.07 Å². The van der Waals surface area contributed by atoms with E-state index in [1.165, 1.54) is 18.4 Å². The van der Waals surface area contributed by atoms with Crippen molar-refractivity contribution >= 4 is 34.8 Å². The van der Waals surface area contributed by atoms with Gasteiger partial charge in [-0.15, -0.1) is 11.3 Å². The Kier molecular flexibility index (Phi) is 7.21. The molecular formula is C23H27ClN4O4S. The Morgan fingerprint density at radius 3 is 2.61 bits per heavy atom. The summed E-state index contributed by atoms with van der Waals surface area (Å²) in [7, 11) is 1.32. The lowest BCUT2D eigenvalue weighted by Crippen LogP contribution is -2.47. The number of halogens is 1. The van der Waals surface area contributed by atoms with Gasteiger partial charge in [0.1, 0.15) is 23.3 Å². The molecule has 4 rings (SSSR count). The number of methoxy groups -OCH3 is 1. The van der Waals surface area contributed by atoms with Crippen molar-refractivity contribution in [2.45, 2.75) is 45.3 Å². The number of hydrogen-bond acceptors (Lipinski definition) is 7. The summed E-state index contributed by atoms with van der Waals surface area (Å²) >= 11 is 7.49. The summed E-state index contributed by atoms with van der Waals surface area (Å²) < 4.78 is 12.4. The maximum absolute atomic E-state index is 13.2. The van der Waals surface area contributed by atoms with Gasteiger partial charge in [0.15, 0.2) is 0 Å². The molecule has 3 aromatic heterocycles. The number of likely N-dealkylation sites (tertiary alicyclic amines) is 1. The van der Waals surface area contributed by atoms with Crippen LogP contribution in [-0.4, -0.2) is 58.8 Å². The molecule has 33 heavy (non-hydrogen) atoms. The van der Waals surface area contributed by atoms with E-state index in [-0.39, 0.29) is 24.2 Å². The van der Waals surface area contributed by atoms with E-state index in [0.717, 1.165) is 36.4 Å². The van der Waals surface area contributed by atoms with Crippen LogP contribution in [0.2, 0.25) is 4.34 Å². The zero-order valence-corrected chi connectivity index (χ0v) is 20.4. The fourth-order valence-corrected chi connectivity index (χ4v) is 5.19. The summed E-state index contributed by atoms with van der Waals surface area (Å²) in [6, 6.07) is 7.52. The van der Waals surface area contributed by atoms with Crippen molar-refractivity contribution in [3.8, 4) is 10.4 Å². The number of ether oxygens (including phenoxy) is 1. The van der Waals surface area contributed by atoms with Gasteiger partial charge in [-0.05, 0) is 51.0 Å². The van der Waals surface area contributed by atoms with Gasteiger partial charge in [0.05, 0.1) is 23.6 Å². The molecular weight excluding hydrogens is 464 g/mol. The molecule has 1 N–H and O–H groups in total. The molecule has 0 aromatic carbocycles. The van der Waals surface area contributed by atoms with Crippen LogP contribution in [0.5, 0.6) is 0 Å². The third-order valence-electron chi connectivity index (χ3n) is 5.99. The Balaban J connectivity index is 1.57. The predicted octanol–water partition coefficient (Wildman–Crippen LogP) is 4.30. The molecule has 10 heteroatoms. The van der Waals surface area contributed by atoms with E-state index in [1.54, 1.807) is 29.0 Å². The average molecular weight is 491 g/mol. The molecule has 1 saturated heterocycles. The van der Waals surface area contributed by atoms with Crippen LogP contribution in [-0.2, 0) is 11.3 Å². The number of hydrogen-bond donors (Lipinski definition) is 1. The van der Waals surface area contributed by atoms with Crippen LogP contribution < -0.4 is 5.32 Å². The van der Waals surface area contributed by atoms with Crippen molar-refractivity contribution in [2.24, 2.45) is 0 Å². The molecule has 0 spiro atoms. The topological polar surface area (TPSA) is 89.6 Å². The first-order valence-corrected chi connectivity index (χ1v) is 12.1. The number of carbonyl (C=O) groups is 2. The summed E-state index contributed by atoms with van der Waals surface area (Å²) in [4.78, 5) is 28.9. The van der Waals surface area contributed by atoms with Gasteiger partial charge >= 0.3 is 5.97 Å². The normalized spacial score (nSPS) is 15.2. The van der Waals surface area contributed by atoms with Crippen LogP contribution >= 0.6 is 22.9 Å². The van der Waals surface area contributed by atoms with Crippen molar-refractivity contribution in [3.63, 3.8) is 0 Å². The predicted molar refractivity (Wildman–Crippen MR) is 127 cm³/mol. The highest BCUT2D eigenvalue weighted by atomic mass is 35.5. The number of nitrogens with zero attached hydrogens (tertiary/aromatic N) is 3. The Morgan fingerprint density at radius 2 is 1.97 bits per heavy atom. The highest BCUT2D eigenvalue weighted by Crippen LogP contribution is 2.33. The van der Waals surface area contributed by atoms with Crippen LogP contribution in [0.3, 0.4) is 0 Å².